The largest absolute Gasteiger partial charge is 0.497 e. The Labute approximate surface area is 189 Å². The third-order valence-corrected chi connectivity index (χ3v) is 5.96. The van der Waals surface area contributed by atoms with Gasteiger partial charge >= 0.3 is 12.1 Å². The van der Waals surface area contributed by atoms with Crippen LogP contribution in [-0.2, 0) is 22.7 Å². The third kappa shape index (κ3) is 6.07. The number of amides is 1. The van der Waals surface area contributed by atoms with E-state index in [2.05, 4.69) is 11.0 Å². The summed E-state index contributed by atoms with van der Waals surface area (Å²) in [5.41, 5.74) is 0.913. The summed E-state index contributed by atoms with van der Waals surface area (Å²) >= 11 is 0. The molecule has 33 heavy (non-hydrogen) atoms. The Hall–Kier alpha value is -3.01. The van der Waals surface area contributed by atoms with Crippen molar-refractivity contribution in [3.05, 3.63) is 53.5 Å². The second-order valence-electron chi connectivity index (χ2n) is 8.38. The molecule has 10 heteroatoms. The normalized spacial score (nSPS) is 20.8. The molecule has 1 aromatic carbocycles. The number of carboxylic acids is 1. The molecule has 0 aliphatic carbocycles. The predicted molar refractivity (Wildman–Crippen MR) is 112 cm³/mol. The first kappa shape index (κ1) is 24.6. The molecule has 1 atom stereocenters. The molecule has 0 bridgehead atoms. The fourth-order valence-electron chi connectivity index (χ4n) is 4.30. The van der Waals surface area contributed by atoms with E-state index in [0.717, 1.165) is 61.9 Å². The van der Waals surface area contributed by atoms with Gasteiger partial charge in [-0.1, -0.05) is 12.1 Å². The van der Waals surface area contributed by atoms with Gasteiger partial charge in [-0.25, -0.2) is 4.79 Å². The van der Waals surface area contributed by atoms with Crippen LogP contribution < -0.4 is 4.74 Å². The van der Waals surface area contributed by atoms with E-state index in [9.17, 15) is 18.0 Å². The van der Waals surface area contributed by atoms with Crippen LogP contribution in [0, 0.1) is 12.3 Å². The zero-order valence-electron chi connectivity index (χ0n) is 18.5. The fraction of sp³-hybridized carbons (Fsp3) is 0.478. The number of furan rings is 1. The molecule has 2 aliphatic heterocycles. The number of alkyl halides is 3. The number of ether oxygens (including phenoxy) is 1. The van der Waals surface area contributed by atoms with Crippen molar-refractivity contribution in [3.63, 3.8) is 0 Å². The Morgan fingerprint density at radius 3 is 2.48 bits per heavy atom. The van der Waals surface area contributed by atoms with E-state index in [4.69, 9.17) is 19.1 Å². The molecule has 4 rings (SSSR count). The summed E-state index contributed by atoms with van der Waals surface area (Å²) in [6.07, 6.45) is -3.19. The van der Waals surface area contributed by atoms with Crippen LogP contribution in [0.15, 0.2) is 40.8 Å². The van der Waals surface area contributed by atoms with Crippen molar-refractivity contribution in [1.29, 1.82) is 0 Å². The first-order valence-corrected chi connectivity index (χ1v) is 10.5. The molecule has 1 amide bonds. The molecule has 7 nitrogen and oxygen atoms in total. The van der Waals surface area contributed by atoms with Gasteiger partial charge in [-0.15, -0.1) is 0 Å². The van der Waals surface area contributed by atoms with Crippen LogP contribution in [-0.4, -0.2) is 59.7 Å². The zero-order chi connectivity index (χ0) is 24.2. The van der Waals surface area contributed by atoms with Crippen molar-refractivity contribution < 1.29 is 37.0 Å². The maximum Gasteiger partial charge on any atom is 0.490 e. The Bertz CT molecular complexity index is 990. The molecule has 180 valence electrons. The number of carboxylic acid groups (broad SMARTS) is 1. The summed E-state index contributed by atoms with van der Waals surface area (Å²) < 4.78 is 42.7. The van der Waals surface area contributed by atoms with Crippen LogP contribution in [0.1, 0.15) is 29.9 Å². The highest BCUT2D eigenvalue weighted by atomic mass is 19.4. The van der Waals surface area contributed by atoms with Gasteiger partial charge in [0.1, 0.15) is 17.3 Å². The van der Waals surface area contributed by atoms with E-state index >= 15 is 0 Å². The zero-order valence-corrected chi connectivity index (χ0v) is 18.5. The van der Waals surface area contributed by atoms with Crippen molar-refractivity contribution in [3.8, 4) is 5.75 Å². The van der Waals surface area contributed by atoms with E-state index in [0.29, 0.717) is 12.5 Å². The van der Waals surface area contributed by atoms with Crippen LogP contribution in [0.4, 0.5) is 13.2 Å². The lowest BCUT2D eigenvalue weighted by atomic mass is 9.85. The average molecular weight is 468 g/mol. The number of halogens is 3. The first-order valence-electron chi connectivity index (χ1n) is 10.5. The number of methoxy groups -OCH3 is 1. The highest BCUT2D eigenvalue weighted by molar-refractivity contribution is 5.85. The lowest BCUT2D eigenvalue weighted by molar-refractivity contribution is -0.192. The van der Waals surface area contributed by atoms with Crippen molar-refractivity contribution in [2.45, 2.75) is 39.0 Å². The van der Waals surface area contributed by atoms with Crippen molar-refractivity contribution in [1.82, 2.24) is 9.80 Å². The second kappa shape index (κ2) is 9.86. The number of carbonyl (C=O) groups excluding carboxylic acids is 1. The van der Waals surface area contributed by atoms with Gasteiger partial charge in [0.2, 0.25) is 5.91 Å². The predicted octanol–water partition coefficient (Wildman–Crippen LogP) is 3.85. The summed E-state index contributed by atoms with van der Waals surface area (Å²) in [6.45, 7) is 6.04. The van der Waals surface area contributed by atoms with Crippen molar-refractivity contribution in [2.24, 2.45) is 5.41 Å². The summed E-state index contributed by atoms with van der Waals surface area (Å²) in [4.78, 5) is 26.4. The molecule has 1 spiro atoms. The van der Waals surface area contributed by atoms with Gasteiger partial charge in [-0.05, 0) is 56.1 Å². The van der Waals surface area contributed by atoms with Crippen LogP contribution in [0.25, 0.3) is 0 Å². The molecule has 2 aromatic rings. The highest BCUT2D eigenvalue weighted by Gasteiger charge is 2.50. The Kier molecular flexibility index (Phi) is 7.36. The van der Waals surface area contributed by atoms with E-state index in [1.54, 1.807) is 7.11 Å². The molecule has 1 unspecified atom stereocenters. The SMILES string of the molecule is COc1cccc(CN2CCC3(CCN(Cc4ccc(C)o4)C3)C2=O)c1.O=C(O)C(F)(F)F. The number of hydrogen-bond acceptors (Lipinski definition) is 5. The monoisotopic (exact) mass is 468 g/mol. The molecular weight excluding hydrogens is 441 g/mol. The van der Waals surface area contributed by atoms with Gasteiger partial charge in [-0.3, -0.25) is 9.69 Å². The number of rotatable bonds is 5. The maximum atomic E-state index is 13.1. The van der Waals surface area contributed by atoms with Crippen molar-refractivity contribution >= 4 is 11.9 Å². The Morgan fingerprint density at radius 1 is 1.18 bits per heavy atom. The molecule has 0 radical (unpaired) electrons. The number of carbonyl (C=O) groups is 2. The molecule has 2 aliphatic rings. The molecule has 2 fully saturated rings. The van der Waals surface area contributed by atoms with Gasteiger partial charge in [0.15, 0.2) is 0 Å². The summed E-state index contributed by atoms with van der Waals surface area (Å²) in [6, 6.07) is 12.0. The fourth-order valence-corrected chi connectivity index (χ4v) is 4.30. The number of hydrogen-bond donors (Lipinski definition) is 1. The van der Waals surface area contributed by atoms with Crippen LogP contribution >= 0.6 is 0 Å². The molecule has 1 N–H and O–H groups in total. The minimum absolute atomic E-state index is 0.208. The van der Waals surface area contributed by atoms with Crippen LogP contribution in [0.3, 0.4) is 0 Å². The van der Waals surface area contributed by atoms with Gasteiger partial charge in [0.05, 0.1) is 19.1 Å². The van der Waals surface area contributed by atoms with Gasteiger partial charge in [-0.2, -0.15) is 13.2 Å². The minimum Gasteiger partial charge on any atom is -0.497 e. The van der Waals surface area contributed by atoms with Crippen molar-refractivity contribution in [2.75, 3.05) is 26.7 Å². The minimum atomic E-state index is -5.08. The van der Waals surface area contributed by atoms with Crippen LogP contribution in [0.5, 0.6) is 5.75 Å². The Balaban J connectivity index is 0.000000383. The second-order valence-corrected chi connectivity index (χ2v) is 8.38. The van der Waals surface area contributed by atoms with Gasteiger partial charge in [0.25, 0.3) is 0 Å². The summed E-state index contributed by atoms with van der Waals surface area (Å²) in [7, 11) is 1.67. The number of benzene rings is 1. The molecule has 2 saturated heterocycles. The third-order valence-electron chi connectivity index (χ3n) is 5.96. The summed E-state index contributed by atoms with van der Waals surface area (Å²) in [5, 5.41) is 7.12. The molecular formula is C23H27F3N2O5. The molecule has 0 saturated carbocycles. The lowest BCUT2D eigenvalue weighted by Gasteiger charge is -2.23. The molecule has 3 heterocycles. The van der Waals surface area contributed by atoms with E-state index in [-0.39, 0.29) is 5.41 Å². The van der Waals surface area contributed by atoms with E-state index in [1.165, 1.54) is 0 Å². The van der Waals surface area contributed by atoms with Gasteiger partial charge in [0, 0.05) is 19.6 Å². The number of aryl methyl sites for hydroxylation is 1. The number of aliphatic carboxylic acids is 1. The number of likely N-dealkylation sites (tertiary alicyclic amines) is 2. The first-order chi connectivity index (χ1) is 15.5. The van der Waals surface area contributed by atoms with E-state index in [1.807, 2.05) is 42.2 Å². The van der Waals surface area contributed by atoms with E-state index < -0.39 is 12.1 Å². The molecule has 1 aromatic heterocycles. The number of nitrogens with zero attached hydrogens (tertiary/aromatic N) is 2. The average Bonchev–Trinajstić information content (AvgIpc) is 3.44. The lowest BCUT2D eigenvalue weighted by Crippen LogP contribution is -2.36. The smallest absolute Gasteiger partial charge is 0.490 e. The van der Waals surface area contributed by atoms with Crippen LogP contribution in [0.2, 0.25) is 0 Å². The quantitative estimate of drug-likeness (QED) is 0.718. The Morgan fingerprint density at radius 2 is 1.88 bits per heavy atom. The highest BCUT2D eigenvalue weighted by Crippen LogP contribution is 2.41. The standard InChI is InChI=1S/C21H26N2O3.C2HF3O2/c1-16-6-7-19(26-16)14-22-10-8-21(15-22)9-11-23(20(21)24)13-17-4-3-5-18(12-17)25-2;3-2(4,5)1(6)7/h3-7,12H,8-11,13-15H2,1-2H3;(H,6,7). The van der Waals surface area contributed by atoms with Gasteiger partial charge < -0.3 is 19.2 Å². The summed E-state index contributed by atoms with van der Waals surface area (Å²) in [5.74, 6) is 0.309. The topological polar surface area (TPSA) is 83.2 Å². The maximum absolute atomic E-state index is 13.1.